The van der Waals surface area contributed by atoms with Gasteiger partial charge in [0.15, 0.2) is 17.6 Å². The number of hydrogen-bond acceptors (Lipinski definition) is 2. The van der Waals surface area contributed by atoms with Crippen LogP contribution < -0.4 is 4.57 Å². The maximum absolute atomic E-state index is 12.4. The molecule has 0 radical (unpaired) electrons. The van der Waals surface area contributed by atoms with Crippen LogP contribution in [0.4, 0.5) is 0 Å². The summed E-state index contributed by atoms with van der Waals surface area (Å²) in [6.45, 7) is 4.70. The van der Waals surface area contributed by atoms with Crippen molar-refractivity contribution in [3.63, 3.8) is 0 Å². The first-order valence-corrected chi connectivity index (χ1v) is 8.75. The van der Waals surface area contributed by atoms with E-state index in [0.717, 1.165) is 42.0 Å². The number of hydrogen-bond donors (Lipinski definition) is 0. The van der Waals surface area contributed by atoms with E-state index >= 15 is 0 Å². The predicted octanol–water partition coefficient (Wildman–Crippen LogP) is 3.15. The van der Waals surface area contributed by atoms with Crippen molar-refractivity contribution in [3.05, 3.63) is 30.1 Å². The number of benzene rings is 1. The van der Waals surface area contributed by atoms with Crippen molar-refractivity contribution in [2.24, 2.45) is 13.0 Å². The van der Waals surface area contributed by atoms with Gasteiger partial charge in [-0.2, -0.15) is 0 Å². The Labute approximate surface area is 138 Å². The normalized spacial score (nSPS) is 21.5. The van der Waals surface area contributed by atoms with Crippen molar-refractivity contribution < 1.29 is 14.1 Å². The Hall–Kier alpha value is -1.84. The minimum absolute atomic E-state index is 0.111. The summed E-state index contributed by atoms with van der Waals surface area (Å²) < 4.78 is 10.0. The minimum atomic E-state index is -0.111. The lowest BCUT2D eigenvalue weighted by Crippen LogP contribution is -2.33. The van der Waals surface area contributed by atoms with Crippen LogP contribution in [-0.4, -0.2) is 16.6 Å². The highest BCUT2D eigenvalue weighted by molar-refractivity contribution is 5.76. The largest absolute Gasteiger partial charge is 0.459 e. The Morgan fingerprint density at radius 1 is 1.26 bits per heavy atom. The molecule has 2 aromatic rings. The summed E-state index contributed by atoms with van der Waals surface area (Å²) in [6.07, 6.45) is 5.35. The lowest BCUT2D eigenvalue weighted by molar-refractivity contribution is -0.653. The van der Waals surface area contributed by atoms with Crippen LogP contribution in [0.25, 0.3) is 11.0 Å². The maximum Gasteiger partial charge on any atom is 0.348 e. The van der Waals surface area contributed by atoms with Crippen LogP contribution in [0, 0.1) is 5.92 Å². The average Bonchev–Trinajstić information content (AvgIpc) is 2.82. The van der Waals surface area contributed by atoms with Gasteiger partial charge in [-0.3, -0.25) is 0 Å². The van der Waals surface area contributed by atoms with E-state index in [9.17, 15) is 4.79 Å². The molecule has 124 valence electrons. The number of aromatic nitrogens is 2. The van der Waals surface area contributed by atoms with Gasteiger partial charge in [-0.15, -0.1) is 0 Å². The zero-order chi connectivity index (χ0) is 16.4. The summed E-state index contributed by atoms with van der Waals surface area (Å²) in [4.78, 5) is 12.4. The van der Waals surface area contributed by atoms with Gasteiger partial charge < -0.3 is 4.74 Å². The molecule has 1 heterocycles. The molecule has 1 aliphatic carbocycles. The van der Waals surface area contributed by atoms with Crippen LogP contribution in [0.1, 0.15) is 45.4 Å². The molecule has 1 saturated carbocycles. The third-order valence-electron chi connectivity index (χ3n) is 5.10. The minimum Gasteiger partial charge on any atom is -0.459 e. The molecule has 0 amide bonds. The average molecular weight is 315 g/mol. The quantitative estimate of drug-likeness (QED) is 0.642. The molecular formula is C19H27N2O2+. The second kappa shape index (κ2) is 6.73. The SMILES string of the molecule is CCc1n(CC(=O)OC2CCC(C)CC2)c2ccccc2[n+]1C. The smallest absolute Gasteiger partial charge is 0.348 e. The highest BCUT2D eigenvalue weighted by Crippen LogP contribution is 2.26. The summed E-state index contributed by atoms with van der Waals surface area (Å²) in [5.74, 6) is 1.81. The Morgan fingerprint density at radius 2 is 1.96 bits per heavy atom. The van der Waals surface area contributed by atoms with Gasteiger partial charge in [0.05, 0.1) is 7.05 Å². The number of imidazole rings is 1. The Kier molecular flexibility index (Phi) is 4.69. The van der Waals surface area contributed by atoms with Crippen molar-refractivity contribution in [2.75, 3.05) is 0 Å². The zero-order valence-corrected chi connectivity index (χ0v) is 14.4. The van der Waals surface area contributed by atoms with Gasteiger partial charge in [0, 0.05) is 6.42 Å². The molecule has 4 nitrogen and oxygen atoms in total. The van der Waals surface area contributed by atoms with Gasteiger partial charge in [0.25, 0.3) is 5.82 Å². The number of carbonyl (C=O) groups is 1. The fourth-order valence-corrected chi connectivity index (χ4v) is 3.74. The first-order chi connectivity index (χ1) is 11.1. The third kappa shape index (κ3) is 3.26. The van der Waals surface area contributed by atoms with Gasteiger partial charge in [-0.25, -0.2) is 13.9 Å². The molecule has 0 bridgehead atoms. The van der Waals surface area contributed by atoms with E-state index in [1.807, 2.05) is 12.1 Å². The topological polar surface area (TPSA) is 35.1 Å². The molecule has 4 heteroatoms. The summed E-state index contributed by atoms with van der Waals surface area (Å²) in [7, 11) is 2.06. The van der Waals surface area contributed by atoms with E-state index in [2.05, 4.69) is 42.2 Å². The lowest BCUT2D eigenvalue weighted by atomic mass is 9.89. The van der Waals surface area contributed by atoms with Crippen LogP contribution in [-0.2, 0) is 29.5 Å². The van der Waals surface area contributed by atoms with Crippen molar-refractivity contribution in [3.8, 4) is 0 Å². The number of para-hydroxylation sites is 2. The lowest BCUT2D eigenvalue weighted by Gasteiger charge is -2.25. The first kappa shape index (κ1) is 16.0. The van der Waals surface area contributed by atoms with Crippen LogP contribution in [0.5, 0.6) is 0 Å². The Bertz CT molecular complexity index is 697. The highest BCUT2D eigenvalue weighted by atomic mass is 16.5. The molecule has 0 N–H and O–H groups in total. The predicted molar refractivity (Wildman–Crippen MR) is 90.0 cm³/mol. The molecular weight excluding hydrogens is 288 g/mol. The number of nitrogens with zero attached hydrogens (tertiary/aromatic N) is 2. The molecule has 23 heavy (non-hydrogen) atoms. The van der Waals surface area contributed by atoms with E-state index in [1.54, 1.807) is 0 Å². The molecule has 0 saturated heterocycles. The molecule has 0 aliphatic heterocycles. The van der Waals surface area contributed by atoms with E-state index in [4.69, 9.17) is 4.74 Å². The van der Waals surface area contributed by atoms with E-state index in [1.165, 1.54) is 12.8 Å². The summed E-state index contributed by atoms with van der Waals surface area (Å²) in [5, 5.41) is 0. The molecule has 1 aromatic heterocycles. The fraction of sp³-hybridized carbons (Fsp3) is 0.579. The number of aryl methyl sites for hydroxylation is 1. The molecule has 1 aromatic carbocycles. The summed E-state index contributed by atoms with van der Waals surface area (Å²) in [6, 6.07) is 8.22. The second-order valence-electron chi connectivity index (χ2n) is 6.78. The molecule has 0 spiro atoms. The Morgan fingerprint density at radius 3 is 2.65 bits per heavy atom. The number of rotatable bonds is 4. The molecule has 0 unspecified atom stereocenters. The Balaban J connectivity index is 1.77. The molecule has 1 aliphatic rings. The molecule has 1 fully saturated rings. The zero-order valence-electron chi connectivity index (χ0n) is 14.4. The standard InChI is InChI=1S/C19H27N2O2/c1-4-18-20(3)16-7-5-6-8-17(16)21(18)13-19(22)23-15-11-9-14(2)10-12-15/h5-8,14-15H,4,9-13H2,1-3H3/q+1. The highest BCUT2D eigenvalue weighted by Gasteiger charge is 2.26. The number of carbonyl (C=O) groups excluding carboxylic acids is 1. The number of esters is 1. The third-order valence-corrected chi connectivity index (χ3v) is 5.10. The molecule has 3 rings (SSSR count). The first-order valence-electron chi connectivity index (χ1n) is 8.75. The van der Waals surface area contributed by atoms with E-state index in [0.29, 0.717) is 6.54 Å². The van der Waals surface area contributed by atoms with Crippen molar-refractivity contribution in [1.29, 1.82) is 0 Å². The van der Waals surface area contributed by atoms with Gasteiger partial charge in [0.1, 0.15) is 6.10 Å². The van der Waals surface area contributed by atoms with Gasteiger partial charge in [0.2, 0.25) is 0 Å². The van der Waals surface area contributed by atoms with Crippen LogP contribution >= 0.6 is 0 Å². The van der Waals surface area contributed by atoms with Crippen LogP contribution in [0.2, 0.25) is 0 Å². The van der Waals surface area contributed by atoms with Crippen molar-refractivity contribution >= 4 is 17.0 Å². The number of ether oxygens (including phenoxy) is 1. The van der Waals surface area contributed by atoms with Gasteiger partial charge in [-0.1, -0.05) is 26.0 Å². The van der Waals surface area contributed by atoms with Gasteiger partial charge >= 0.3 is 5.97 Å². The van der Waals surface area contributed by atoms with E-state index in [-0.39, 0.29) is 12.1 Å². The summed E-state index contributed by atoms with van der Waals surface area (Å²) in [5.41, 5.74) is 2.25. The summed E-state index contributed by atoms with van der Waals surface area (Å²) >= 11 is 0. The van der Waals surface area contributed by atoms with Gasteiger partial charge in [-0.05, 0) is 43.7 Å². The fourth-order valence-electron chi connectivity index (χ4n) is 3.74. The number of fused-ring (bicyclic) bond motifs is 1. The van der Waals surface area contributed by atoms with E-state index < -0.39 is 0 Å². The maximum atomic E-state index is 12.4. The van der Waals surface area contributed by atoms with Crippen molar-refractivity contribution in [2.45, 2.75) is 58.6 Å². The van der Waals surface area contributed by atoms with Crippen LogP contribution in [0.15, 0.2) is 24.3 Å². The monoisotopic (exact) mass is 315 g/mol. The van der Waals surface area contributed by atoms with Crippen LogP contribution in [0.3, 0.4) is 0 Å². The molecule has 0 atom stereocenters. The van der Waals surface area contributed by atoms with Crippen molar-refractivity contribution in [1.82, 2.24) is 4.57 Å². The second-order valence-corrected chi connectivity index (χ2v) is 6.78.